The number of hydrogen-bond acceptors (Lipinski definition) is 5. The topological polar surface area (TPSA) is 93.5 Å². The number of nitrogens with zero attached hydrogens (tertiary/aromatic N) is 1. The molecule has 2 N–H and O–H groups in total. The first-order valence-electron chi connectivity index (χ1n) is 6.24. The maximum atomic E-state index is 11.6. The summed E-state index contributed by atoms with van der Waals surface area (Å²) in [5.74, 6) is 0.573. The average molecular weight is 289 g/mol. The summed E-state index contributed by atoms with van der Waals surface area (Å²) in [6.07, 6.45) is 0. The third-order valence-electron chi connectivity index (χ3n) is 2.70. The molecule has 0 bridgehead atoms. The van der Waals surface area contributed by atoms with Gasteiger partial charge in [0.15, 0.2) is 5.82 Å². The Morgan fingerprint density at radius 2 is 2.00 bits per heavy atom. The van der Waals surface area contributed by atoms with Gasteiger partial charge >= 0.3 is 12.0 Å². The third kappa shape index (κ3) is 4.07. The van der Waals surface area contributed by atoms with Gasteiger partial charge in [-0.1, -0.05) is 17.3 Å². The number of carbonyl (C=O) groups is 2. The molecule has 2 aromatic rings. The molecule has 7 heteroatoms. The number of nitrogens with one attached hydrogen (secondary N) is 2. The molecule has 0 fully saturated rings. The predicted molar refractivity (Wildman–Crippen MR) is 74.9 cm³/mol. The second-order valence-corrected chi connectivity index (χ2v) is 4.32. The maximum Gasteiger partial charge on any atom is 0.337 e. The summed E-state index contributed by atoms with van der Waals surface area (Å²) in [5.41, 5.74) is 1.32. The van der Waals surface area contributed by atoms with Gasteiger partial charge in [-0.15, -0.1) is 0 Å². The van der Waals surface area contributed by atoms with E-state index in [0.717, 1.165) is 5.56 Å². The molecule has 1 aromatic heterocycles. The summed E-state index contributed by atoms with van der Waals surface area (Å²) in [7, 11) is 1.33. The SMILES string of the molecule is COC(=O)c1ccc(CNC(=O)Nc2cc(C)on2)cc1. The van der Waals surface area contributed by atoms with Crippen molar-refractivity contribution >= 4 is 17.8 Å². The molecule has 0 unspecified atom stereocenters. The molecule has 1 aromatic carbocycles. The largest absolute Gasteiger partial charge is 0.465 e. The minimum Gasteiger partial charge on any atom is -0.465 e. The highest BCUT2D eigenvalue weighted by Gasteiger charge is 2.07. The summed E-state index contributed by atoms with van der Waals surface area (Å²) >= 11 is 0. The van der Waals surface area contributed by atoms with E-state index >= 15 is 0 Å². The Hall–Kier alpha value is -2.83. The lowest BCUT2D eigenvalue weighted by Gasteiger charge is -2.06. The fourth-order valence-electron chi connectivity index (χ4n) is 1.64. The summed E-state index contributed by atoms with van der Waals surface area (Å²) in [6, 6.07) is 7.99. The normalized spacial score (nSPS) is 10.0. The van der Waals surface area contributed by atoms with Gasteiger partial charge in [0.05, 0.1) is 12.7 Å². The number of methoxy groups -OCH3 is 1. The van der Waals surface area contributed by atoms with Gasteiger partial charge in [-0.25, -0.2) is 9.59 Å². The van der Waals surface area contributed by atoms with E-state index in [4.69, 9.17) is 4.52 Å². The van der Waals surface area contributed by atoms with Crippen LogP contribution >= 0.6 is 0 Å². The first-order valence-corrected chi connectivity index (χ1v) is 6.24. The Bertz CT molecular complexity index is 634. The zero-order valence-electron chi connectivity index (χ0n) is 11.7. The molecule has 0 aliphatic rings. The van der Waals surface area contributed by atoms with Crippen molar-refractivity contribution in [2.24, 2.45) is 0 Å². The first kappa shape index (κ1) is 14.6. The van der Waals surface area contributed by atoms with Gasteiger partial charge in [-0.05, 0) is 24.6 Å². The number of carbonyl (C=O) groups excluding carboxylic acids is 2. The van der Waals surface area contributed by atoms with Crippen molar-refractivity contribution in [3.8, 4) is 0 Å². The van der Waals surface area contributed by atoms with Crippen LogP contribution in [0.3, 0.4) is 0 Å². The second-order valence-electron chi connectivity index (χ2n) is 4.32. The minimum atomic E-state index is -0.395. The van der Waals surface area contributed by atoms with E-state index in [9.17, 15) is 9.59 Å². The van der Waals surface area contributed by atoms with Crippen LogP contribution in [0.4, 0.5) is 10.6 Å². The second kappa shape index (κ2) is 6.56. The molecule has 2 amide bonds. The third-order valence-corrected chi connectivity index (χ3v) is 2.70. The van der Waals surface area contributed by atoms with Gasteiger partial charge in [0.1, 0.15) is 5.76 Å². The van der Waals surface area contributed by atoms with E-state index < -0.39 is 5.97 Å². The van der Waals surface area contributed by atoms with Gasteiger partial charge in [-0.2, -0.15) is 0 Å². The van der Waals surface area contributed by atoms with Gasteiger partial charge in [0, 0.05) is 12.6 Å². The number of aryl methyl sites for hydroxylation is 1. The Balaban J connectivity index is 1.85. The molecule has 0 radical (unpaired) electrons. The van der Waals surface area contributed by atoms with E-state index in [2.05, 4.69) is 20.5 Å². The van der Waals surface area contributed by atoms with Crippen LogP contribution in [0.1, 0.15) is 21.7 Å². The molecule has 7 nitrogen and oxygen atoms in total. The van der Waals surface area contributed by atoms with Crippen LogP contribution in [0, 0.1) is 6.92 Å². The smallest absolute Gasteiger partial charge is 0.337 e. The number of hydrogen-bond donors (Lipinski definition) is 2. The number of urea groups is 1. The quantitative estimate of drug-likeness (QED) is 0.841. The summed E-state index contributed by atoms with van der Waals surface area (Å²) in [5, 5.41) is 8.87. The molecule has 1 heterocycles. The van der Waals surface area contributed by atoms with Crippen molar-refractivity contribution in [3.05, 3.63) is 47.2 Å². The average Bonchev–Trinajstić information content (AvgIpc) is 2.90. The van der Waals surface area contributed by atoms with Crippen molar-refractivity contribution in [1.82, 2.24) is 10.5 Å². The van der Waals surface area contributed by atoms with Crippen molar-refractivity contribution in [2.75, 3.05) is 12.4 Å². The number of esters is 1. The van der Waals surface area contributed by atoms with Gasteiger partial charge in [-0.3, -0.25) is 5.32 Å². The lowest BCUT2D eigenvalue weighted by molar-refractivity contribution is 0.0600. The van der Waals surface area contributed by atoms with Gasteiger partial charge in [0.2, 0.25) is 0 Å². The fraction of sp³-hybridized carbons (Fsp3) is 0.214. The molecule has 0 aliphatic heterocycles. The van der Waals surface area contributed by atoms with E-state index in [1.54, 1.807) is 37.3 Å². The number of ether oxygens (including phenoxy) is 1. The molecule has 0 saturated heterocycles. The Labute approximate surface area is 121 Å². The molecular weight excluding hydrogens is 274 g/mol. The van der Waals surface area contributed by atoms with Crippen LogP contribution in [-0.4, -0.2) is 24.3 Å². The summed E-state index contributed by atoms with van der Waals surface area (Å²) in [4.78, 5) is 22.9. The van der Waals surface area contributed by atoms with Crippen molar-refractivity contribution in [1.29, 1.82) is 0 Å². The monoisotopic (exact) mass is 289 g/mol. The highest BCUT2D eigenvalue weighted by molar-refractivity contribution is 5.89. The zero-order valence-corrected chi connectivity index (χ0v) is 11.7. The van der Waals surface area contributed by atoms with Crippen LogP contribution in [0.2, 0.25) is 0 Å². The van der Waals surface area contributed by atoms with E-state index in [-0.39, 0.29) is 6.03 Å². The Kier molecular flexibility index (Phi) is 4.55. The molecule has 0 atom stereocenters. The zero-order chi connectivity index (χ0) is 15.2. The van der Waals surface area contributed by atoms with Crippen LogP contribution in [-0.2, 0) is 11.3 Å². The minimum absolute atomic E-state index is 0.324. The Morgan fingerprint density at radius 3 is 2.57 bits per heavy atom. The summed E-state index contributed by atoms with van der Waals surface area (Å²) in [6.45, 7) is 2.06. The molecule has 110 valence electrons. The predicted octanol–water partition coefficient (Wildman–Crippen LogP) is 2.09. The molecule has 0 spiro atoms. The molecule has 0 aliphatic carbocycles. The van der Waals surface area contributed by atoms with Crippen molar-refractivity contribution in [2.45, 2.75) is 13.5 Å². The van der Waals surface area contributed by atoms with E-state index in [0.29, 0.717) is 23.7 Å². The first-order chi connectivity index (χ1) is 10.1. The lowest BCUT2D eigenvalue weighted by atomic mass is 10.1. The molecular formula is C14H15N3O4. The molecule has 21 heavy (non-hydrogen) atoms. The summed E-state index contributed by atoms with van der Waals surface area (Å²) < 4.78 is 9.45. The number of benzene rings is 1. The van der Waals surface area contributed by atoms with Crippen LogP contribution in [0.15, 0.2) is 34.9 Å². The number of aromatic nitrogens is 1. The van der Waals surface area contributed by atoms with Crippen LogP contribution in [0.5, 0.6) is 0 Å². The van der Waals surface area contributed by atoms with Crippen LogP contribution in [0.25, 0.3) is 0 Å². The molecule has 0 saturated carbocycles. The van der Waals surface area contributed by atoms with Crippen LogP contribution < -0.4 is 10.6 Å². The van der Waals surface area contributed by atoms with Gasteiger partial charge < -0.3 is 14.6 Å². The fourth-order valence-corrected chi connectivity index (χ4v) is 1.64. The van der Waals surface area contributed by atoms with E-state index in [1.807, 2.05) is 0 Å². The number of rotatable bonds is 4. The standard InChI is InChI=1S/C14H15N3O4/c1-9-7-12(17-21-9)16-14(19)15-8-10-3-5-11(6-4-10)13(18)20-2/h3-7H,8H2,1-2H3,(H2,15,16,17,19). The highest BCUT2D eigenvalue weighted by Crippen LogP contribution is 2.07. The molecule has 2 rings (SSSR count). The van der Waals surface area contributed by atoms with Gasteiger partial charge in [0.25, 0.3) is 0 Å². The van der Waals surface area contributed by atoms with Crippen molar-refractivity contribution in [3.63, 3.8) is 0 Å². The maximum absolute atomic E-state index is 11.6. The highest BCUT2D eigenvalue weighted by atomic mass is 16.5. The number of amides is 2. The number of anilines is 1. The van der Waals surface area contributed by atoms with Crippen molar-refractivity contribution < 1.29 is 18.8 Å². The van der Waals surface area contributed by atoms with E-state index in [1.165, 1.54) is 7.11 Å². The lowest BCUT2D eigenvalue weighted by Crippen LogP contribution is -2.28. The Morgan fingerprint density at radius 1 is 1.29 bits per heavy atom.